The molecule has 1 aliphatic heterocycles. The molecule has 5 N–H and O–H groups in total. The van der Waals surface area contributed by atoms with E-state index >= 15 is 0 Å². The molecule has 3 rings (SSSR count). The molecule has 0 aliphatic carbocycles. The van der Waals surface area contributed by atoms with Crippen molar-refractivity contribution in [3.05, 3.63) is 28.6 Å². The minimum Gasteiger partial charge on any atom is -0.399 e. The SMILES string of the molecule is Nc1ccc2nc(NC3CCC(=O)NC3=O)[nH]c(=O)c2c1. The van der Waals surface area contributed by atoms with Crippen LogP contribution in [0.3, 0.4) is 0 Å². The molecule has 1 fully saturated rings. The second-order valence-corrected chi connectivity index (χ2v) is 4.84. The van der Waals surface area contributed by atoms with Gasteiger partial charge in [-0.1, -0.05) is 0 Å². The highest BCUT2D eigenvalue weighted by Gasteiger charge is 2.26. The summed E-state index contributed by atoms with van der Waals surface area (Å²) in [5, 5.41) is 5.45. The molecule has 0 spiro atoms. The number of piperidine rings is 1. The van der Waals surface area contributed by atoms with Gasteiger partial charge in [-0.2, -0.15) is 0 Å². The van der Waals surface area contributed by atoms with E-state index in [1.165, 1.54) is 6.07 Å². The van der Waals surface area contributed by atoms with Crippen LogP contribution in [-0.4, -0.2) is 27.8 Å². The van der Waals surface area contributed by atoms with Gasteiger partial charge in [0.1, 0.15) is 6.04 Å². The van der Waals surface area contributed by atoms with Crippen LogP contribution in [0.25, 0.3) is 10.9 Å². The van der Waals surface area contributed by atoms with Crippen LogP contribution in [0.15, 0.2) is 23.0 Å². The Morgan fingerprint density at radius 1 is 1.29 bits per heavy atom. The fourth-order valence-corrected chi connectivity index (χ4v) is 2.22. The first-order valence-corrected chi connectivity index (χ1v) is 6.43. The van der Waals surface area contributed by atoms with Gasteiger partial charge < -0.3 is 11.1 Å². The number of H-pyrrole nitrogens is 1. The summed E-state index contributed by atoms with van der Waals surface area (Å²) in [6.07, 6.45) is 0.603. The molecule has 2 heterocycles. The van der Waals surface area contributed by atoms with Crippen LogP contribution in [0, 0.1) is 0 Å². The van der Waals surface area contributed by atoms with E-state index in [4.69, 9.17) is 5.73 Å². The summed E-state index contributed by atoms with van der Waals surface area (Å²) in [4.78, 5) is 41.5. The number of imide groups is 1. The summed E-state index contributed by atoms with van der Waals surface area (Å²) < 4.78 is 0. The van der Waals surface area contributed by atoms with Crippen LogP contribution in [0.1, 0.15) is 12.8 Å². The average Bonchev–Trinajstić information content (AvgIpc) is 2.43. The predicted octanol–water partition coefficient (Wildman–Crippen LogP) is -0.278. The van der Waals surface area contributed by atoms with Gasteiger partial charge in [0, 0.05) is 12.1 Å². The topological polar surface area (TPSA) is 130 Å². The van der Waals surface area contributed by atoms with E-state index in [0.717, 1.165) is 0 Å². The number of carbonyl (C=O) groups is 2. The standard InChI is InChI=1S/C13H13N5O3/c14-6-1-2-8-7(5-6)11(20)18-13(15-8)16-9-3-4-10(19)17-12(9)21/h1-2,5,9H,3-4,14H2,(H,17,19,21)(H2,15,16,18,20). The van der Waals surface area contributed by atoms with Crippen molar-refractivity contribution in [3.63, 3.8) is 0 Å². The lowest BCUT2D eigenvalue weighted by Gasteiger charge is -2.21. The quantitative estimate of drug-likeness (QED) is 0.444. The molecule has 8 heteroatoms. The molecule has 2 aromatic rings. The van der Waals surface area contributed by atoms with Gasteiger partial charge in [-0.25, -0.2) is 4.98 Å². The van der Waals surface area contributed by atoms with Crippen LogP contribution in [-0.2, 0) is 9.59 Å². The van der Waals surface area contributed by atoms with Gasteiger partial charge in [-0.05, 0) is 24.6 Å². The molecule has 1 aromatic heterocycles. The van der Waals surface area contributed by atoms with Crippen molar-refractivity contribution in [2.45, 2.75) is 18.9 Å². The number of anilines is 2. The average molecular weight is 287 g/mol. The number of aromatic amines is 1. The Balaban J connectivity index is 1.91. The van der Waals surface area contributed by atoms with Crippen LogP contribution >= 0.6 is 0 Å². The van der Waals surface area contributed by atoms with E-state index in [9.17, 15) is 14.4 Å². The Morgan fingerprint density at radius 3 is 2.86 bits per heavy atom. The zero-order valence-electron chi connectivity index (χ0n) is 11.0. The third-order valence-electron chi connectivity index (χ3n) is 3.28. The largest absolute Gasteiger partial charge is 0.399 e. The number of nitrogens with one attached hydrogen (secondary N) is 3. The summed E-state index contributed by atoms with van der Waals surface area (Å²) in [5.41, 5.74) is 6.23. The molecule has 21 heavy (non-hydrogen) atoms. The van der Waals surface area contributed by atoms with E-state index in [1.54, 1.807) is 12.1 Å². The van der Waals surface area contributed by atoms with Gasteiger partial charge in [0.05, 0.1) is 10.9 Å². The molecule has 1 atom stereocenters. The van der Waals surface area contributed by atoms with Crippen molar-refractivity contribution in [1.82, 2.24) is 15.3 Å². The lowest BCUT2D eigenvalue weighted by molar-refractivity contribution is -0.133. The number of amides is 2. The maximum atomic E-state index is 12.0. The first kappa shape index (κ1) is 13.1. The van der Waals surface area contributed by atoms with E-state index in [2.05, 4.69) is 20.6 Å². The van der Waals surface area contributed by atoms with Crippen LogP contribution in [0.5, 0.6) is 0 Å². The third-order valence-corrected chi connectivity index (χ3v) is 3.28. The summed E-state index contributed by atoms with van der Waals surface area (Å²) in [6.45, 7) is 0. The first-order valence-electron chi connectivity index (χ1n) is 6.43. The van der Waals surface area contributed by atoms with E-state index < -0.39 is 11.9 Å². The minimum absolute atomic E-state index is 0.187. The lowest BCUT2D eigenvalue weighted by atomic mass is 10.1. The highest BCUT2D eigenvalue weighted by atomic mass is 16.2. The molecule has 0 bridgehead atoms. The molecule has 8 nitrogen and oxygen atoms in total. The molecule has 0 radical (unpaired) electrons. The van der Waals surface area contributed by atoms with Crippen LogP contribution in [0.4, 0.5) is 11.6 Å². The second-order valence-electron chi connectivity index (χ2n) is 4.84. The number of carbonyl (C=O) groups excluding carboxylic acids is 2. The van der Waals surface area contributed by atoms with Crippen molar-refractivity contribution in [2.24, 2.45) is 0 Å². The molecule has 1 unspecified atom stereocenters. The van der Waals surface area contributed by atoms with Gasteiger partial charge in [0.2, 0.25) is 17.8 Å². The molecule has 1 saturated heterocycles. The lowest BCUT2D eigenvalue weighted by Crippen LogP contribution is -2.47. The number of nitrogen functional groups attached to an aromatic ring is 1. The Hall–Kier alpha value is -2.90. The Labute approximate surface area is 118 Å². The van der Waals surface area contributed by atoms with Crippen molar-refractivity contribution in [2.75, 3.05) is 11.1 Å². The summed E-state index contributed by atoms with van der Waals surface area (Å²) in [7, 11) is 0. The molecular formula is C13H13N5O3. The molecule has 1 aromatic carbocycles. The molecule has 2 amide bonds. The fraction of sp³-hybridized carbons (Fsp3) is 0.231. The molecular weight excluding hydrogens is 274 g/mol. The maximum Gasteiger partial charge on any atom is 0.260 e. The van der Waals surface area contributed by atoms with Gasteiger partial charge in [0.15, 0.2) is 0 Å². The van der Waals surface area contributed by atoms with Crippen molar-refractivity contribution in [1.29, 1.82) is 0 Å². The number of fused-ring (bicyclic) bond motifs is 1. The van der Waals surface area contributed by atoms with Gasteiger partial charge in [0.25, 0.3) is 5.56 Å². The number of hydrogen-bond acceptors (Lipinski definition) is 6. The summed E-state index contributed by atoms with van der Waals surface area (Å²) in [6, 6.07) is 4.22. The zero-order valence-corrected chi connectivity index (χ0v) is 11.0. The van der Waals surface area contributed by atoms with Crippen LogP contribution < -0.4 is 21.9 Å². The summed E-state index contributed by atoms with van der Waals surface area (Å²) >= 11 is 0. The normalized spacial score (nSPS) is 18.6. The molecule has 108 valence electrons. The van der Waals surface area contributed by atoms with E-state index in [0.29, 0.717) is 23.0 Å². The number of rotatable bonds is 2. The Bertz CT molecular complexity index is 798. The minimum atomic E-state index is -0.600. The summed E-state index contributed by atoms with van der Waals surface area (Å²) in [5.74, 6) is -0.536. The highest BCUT2D eigenvalue weighted by Crippen LogP contribution is 2.14. The number of aromatic nitrogens is 2. The van der Waals surface area contributed by atoms with Gasteiger partial charge in [-0.3, -0.25) is 24.7 Å². The maximum absolute atomic E-state index is 12.0. The number of hydrogen-bond donors (Lipinski definition) is 4. The number of benzene rings is 1. The first-order chi connectivity index (χ1) is 10.0. The monoisotopic (exact) mass is 287 g/mol. The van der Waals surface area contributed by atoms with E-state index in [1.807, 2.05) is 0 Å². The Morgan fingerprint density at radius 2 is 2.10 bits per heavy atom. The van der Waals surface area contributed by atoms with Gasteiger partial charge >= 0.3 is 0 Å². The van der Waals surface area contributed by atoms with Crippen molar-refractivity contribution < 1.29 is 9.59 Å². The second kappa shape index (κ2) is 4.89. The van der Waals surface area contributed by atoms with Gasteiger partial charge in [-0.15, -0.1) is 0 Å². The predicted molar refractivity (Wildman–Crippen MR) is 76.6 cm³/mol. The number of nitrogens with zero attached hydrogens (tertiary/aromatic N) is 1. The smallest absolute Gasteiger partial charge is 0.260 e. The third kappa shape index (κ3) is 2.55. The van der Waals surface area contributed by atoms with E-state index in [-0.39, 0.29) is 23.8 Å². The zero-order chi connectivity index (χ0) is 15.0. The molecule has 1 aliphatic rings. The van der Waals surface area contributed by atoms with Crippen molar-refractivity contribution >= 4 is 34.4 Å². The molecule has 0 saturated carbocycles. The highest BCUT2D eigenvalue weighted by molar-refractivity contribution is 6.01. The Kier molecular flexibility index (Phi) is 3.05. The number of nitrogens with two attached hydrogens (primary N) is 1. The fourth-order valence-electron chi connectivity index (χ4n) is 2.22. The van der Waals surface area contributed by atoms with Crippen molar-refractivity contribution in [3.8, 4) is 0 Å². The van der Waals surface area contributed by atoms with Crippen LogP contribution in [0.2, 0.25) is 0 Å².